The molecular formula is C17H20O4. The van der Waals surface area contributed by atoms with Crippen molar-refractivity contribution in [2.24, 2.45) is 5.92 Å². The first-order chi connectivity index (χ1) is 10.2. The fourth-order valence-corrected chi connectivity index (χ4v) is 2.21. The molecule has 1 aromatic rings. The van der Waals surface area contributed by atoms with Crippen LogP contribution in [0.2, 0.25) is 0 Å². The third-order valence-corrected chi connectivity index (χ3v) is 3.38. The fourth-order valence-electron chi connectivity index (χ4n) is 2.21. The maximum absolute atomic E-state index is 12.0. The van der Waals surface area contributed by atoms with Crippen molar-refractivity contribution in [1.29, 1.82) is 0 Å². The van der Waals surface area contributed by atoms with E-state index in [0.29, 0.717) is 12.4 Å². The number of benzene rings is 1. The van der Waals surface area contributed by atoms with E-state index in [1.165, 1.54) is 0 Å². The van der Waals surface area contributed by atoms with Crippen LogP contribution < -0.4 is 4.74 Å². The van der Waals surface area contributed by atoms with Crippen molar-refractivity contribution in [2.75, 3.05) is 13.2 Å². The monoisotopic (exact) mass is 288 g/mol. The van der Waals surface area contributed by atoms with Crippen molar-refractivity contribution in [2.45, 2.75) is 32.5 Å². The molecule has 4 heteroatoms. The Hall–Kier alpha value is -1.99. The number of para-hydroxylation sites is 1. The third-order valence-electron chi connectivity index (χ3n) is 3.38. The number of carbonyl (C=O) groups excluding carboxylic acids is 1. The maximum Gasteiger partial charge on any atom is 0.312 e. The molecule has 0 N–H and O–H groups in total. The molecule has 1 fully saturated rings. The van der Waals surface area contributed by atoms with Gasteiger partial charge in [0.25, 0.3) is 0 Å². The molecule has 0 heterocycles. The molecule has 0 saturated heterocycles. The molecule has 3 atom stereocenters. The third kappa shape index (κ3) is 3.99. The molecule has 1 aliphatic rings. The Morgan fingerprint density at radius 3 is 2.95 bits per heavy atom. The van der Waals surface area contributed by atoms with Crippen LogP contribution in [0, 0.1) is 18.3 Å². The zero-order valence-electron chi connectivity index (χ0n) is 12.4. The normalized spacial score (nSPS) is 21.2. The lowest BCUT2D eigenvalue weighted by Crippen LogP contribution is -2.14. The molecule has 21 heavy (non-hydrogen) atoms. The molecule has 0 aromatic heterocycles. The molecule has 0 amide bonds. The SMILES string of the molecule is C#CCOc1ccccc1C(C)OC(=O)C1CC1OCC. The molecule has 0 radical (unpaired) electrons. The van der Waals surface area contributed by atoms with Crippen LogP contribution in [-0.4, -0.2) is 25.3 Å². The molecule has 2 rings (SSSR count). The van der Waals surface area contributed by atoms with Gasteiger partial charge in [-0.2, -0.15) is 0 Å². The summed E-state index contributed by atoms with van der Waals surface area (Å²) < 4.78 is 16.4. The smallest absolute Gasteiger partial charge is 0.312 e. The summed E-state index contributed by atoms with van der Waals surface area (Å²) in [5, 5.41) is 0. The zero-order valence-corrected chi connectivity index (χ0v) is 12.4. The fraction of sp³-hybridized carbons (Fsp3) is 0.471. The van der Waals surface area contributed by atoms with Crippen molar-refractivity contribution in [3.8, 4) is 18.1 Å². The Labute approximate surface area is 125 Å². The lowest BCUT2D eigenvalue weighted by Gasteiger charge is -2.17. The Morgan fingerprint density at radius 2 is 2.24 bits per heavy atom. The highest BCUT2D eigenvalue weighted by molar-refractivity contribution is 5.76. The lowest BCUT2D eigenvalue weighted by atomic mass is 10.1. The van der Waals surface area contributed by atoms with Gasteiger partial charge in [-0.25, -0.2) is 0 Å². The van der Waals surface area contributed by atoms with Crippen LogP contribution in [0.5, 0.6) is 5.75 Å². The Balaban J connectivity index is 1.96. The summed E-state index contributed by atoms with van der Waals surface area (Å²) >= 11 is 0. The van der Waals surface area contributed by atoms with Gasteiger partial charge in [-0.15, -0.1) is 6.42 Å². The largest absolute Gasteiger partial charge is 0.481 e. The maximum atomic E-state index is 12.0. The minimum Gasteiger partial charge on any atom is -0.481 e. The number of rotatable bonds is 7. The van der Waals surface area contributed by atoms with Crippen LogP contribution in [-0.2, 0) is 14.3 Å². The van der Waals surface area contributed by atoms with Gasteiger partial charge in [0.05, 0.1) is 12.0 Å². The minimum atomic E-state index is -0.380. The van der Waals surface area contributed by atoms with E-state index in [4.69, 9.17) is 20.6 Å². The first-order valence-corrected chi connectivity index (χ1v) is 7.14. The molecule has 0 spiro atoms. The van der Waals surface area contributed by atoms with E-state index in [1.807, 2.05) is 38.1 Å². The van der Waals surface area contributed by atoms with Gasteiger partial charge in [0, 0.05) is 12.2 Å². The highest BCUT2D eigenvalue weighted by Crippen LogP contribution is 2.37. The molecule has 0 aliphatic heterocycles. The Morgan fingerprint density at radius 1 is 1.48 bits per heavy atom. The first-order valence-electron chi connectivity index (χ1n) is 7.14. The van der Waals surface area contributed by atoms with Crippen molar-refractivity contribution >= 4 is 5.97 Å². The van der Waals surface area contributed by atoms with E-state index in [9.17, 15) is 4.79 Å². The highest BCUT2D eigenvalue weighted by Gasteiger charge is 2.45. The van der Waals surface area contributed by atoms with Gasteiger partial charge >= 0.3 is 5.97 Å². The molecule has 1 aromatic carbocycles. The summed E-state index contributed by atoms with van der Waals surface area (Å²) in [5.41, 5.74) is 0.815. The molecule has 0 bridgehead atoms. The molecule has 4 nitrogen and oxygen atoms in total. The van der Waals surface area contributed by atoms with Crippen molar-refractivity contribution in [1.82, 2.24) is 0 Å². The van der Waals surface area contributed by atoms with Crippen LogP contribution >= 0.6 is 0 Å². The van der Waals surface area contributed by atoms with Gasteiger partial charge in [0.2, 0.25) is 0 Å². The predicted octanol–water partition coefficient (Wildman–Crippen LogP) is 2.73. The topological polar surface area (TPSA) is 44.8 Å². The second kappa shape index (κ2) is 7.14. The van der Waals surface area contributed by atoms with E-state index in [-0.39, 0.29) is 30.7 Å². The molecule has 112 valence electrons. The summed E-state index contributed by atoms with van der Waals surface area (Å²) in [6, 6.07) is 7.42. The molecular weight excluding hydrogens is 268 g/mol. The molecule has 1 aliphatic carbocycles. The Bertz CT molecular complexity index is 532. The van der Waals surface area contributed by atoms with Gasteiger partial charge in [0.1, 0.15) is 18.5 Å². The van der Waals surface area contributed by atoms with E-state index in [1.54, 1.807) is 0 Å². The van der Waals surface area contributed by atoms with Gasteiger partial charge in [-0.05, 0) is 26.3 Å². The molecule has 3 unspecified atom stereocenters. The van der Waals surface area contributed by atoms with Crippen molar-refractivity contribution in [3.63, 3.8) is 0 Å². The van der Waals surface area contributed by atoms with Gasteiger partial charge in [-0.3, -0.25) is 4.79 Å². The van der Waals surface area contributed by atoms with E-state index >= 15 is 0 Å². The van der Waals surface area contributed by atoms with Crippen LogP contribution in [0.3, 0.4) is 0 Å². The number of carbonyl (C=O) groups is 1. The van der Waals surface area contributed by atoms with Crippen LogP contribution in [0.25, 0.3) is 0 Å². The lowest BCUT2D eigenvalue weighted by molar-refractivity contribution is -0.151. The summed E-state index contributed by atoms with van der Waals surface area (Å²) in [7, 11) is 0. The standard InChI is InChI=1S/C17H20O4/c1-4-10-20-15-9-7-6-8-13(15)12(3)21-17(18)14-11-16(14)19-5-2/h1,6-9,12,14,16H,5,10-11H2,2-3H3. The minimum absolute atomic E-state index is 0.0163. The average molecular weight is 288 g/mol. The van der Waals surface area contributed by atoms with E-state index in [2.05, 4.69) is 5.92 Å². The second-order valence-electron chi connectivity index (χ2n) is 4.95. The number of esters is 1. The van der Waals surface area contributed by atoms with Crippen LogP contribution in [0.1, 0.15) is 31.9 Å². The van der Waals surface area contributed by atoms with E-state index < -0.39 is 0 Å². The van der Waals surface area contributed by atoms with Crippen LogP contribution in [0.4, 0.5) is 0 Å². The van der Waals surface area contributed by atoms with Crippen LogP contribution in [0.15, 0.2) is 24.3 Å². The summed E-state index contributed by atoms with van der Waals surface area (Å²) in [4.78, 5) is 12.0. The predicted molar refractivity (Wildman–Crippen MR) is 78.8 cm³/mol. The number of terminal acetylenes is 1. The number of hydrogen-bond donors (Lipinski definition) is 0. The van der Waals surface area contributed by atoms with Gasteiger partial charge in [-0.1, -0.05) is 24.1 Å². The number of ether oxygens (including phenoxy) is 3. The number of hydrogen-bond acceptors (Lipinski definition) is 4. The Kier molecular flexibility index (Phi) is 5.24. The van der Waals surface area contributed by atoms with Gasteiger partial charge in [0.15, 0.2) is 0 Å². The van der Waals surface area contributed by atoms with Crippen molar-refractivity contribution < 1.29 is 19.0 Å². The average Bonchev–Trinajstić information content (AvgIpc) is 3.25. The van der Waals surface area contributed by atoms with Crippen molar-refractivity contribution in [3.05, 3.63) is 29.8 Å². The molecule has 1 saturated carbocycles. The summed E-state index contributed by atoms with van der Waals surface area (Å²) in [6.07, 6.45) is 5.58. The summed E-state index contributed by atoms with van der Waals surface area (Å²) in [5.74, 6) is 2.72. The van der Waals surface area contributed by atoms with Gasteiger partial charge < -0.3 is 14.2 Å². The van der Waals surface area contributed by atoms with E-state index in [0.717, 1.165) is 12.0 Å². The summed E-state index contributed by atoms with van der Waals surface area (Å²) in [6.45, 7) is 4.55. The quantitative estimate of drug-likeness (QED) is 0.571. The first kappa shape index (κ1) is 15.4. The second-order valence-corrected chi connectivity index (χ2v) is 4.95. The highest BCUT2D eigenvalue weighted by atomic mass is 16.6. The zero-order chi connectivity index (χ0) is 15.2.